The molecule has 0 amide bonds. The normalized spacial score (nSPS) is 18.1. The van der Waals surface area contributed by atoms with Crippen molar-refractivity contribution in [3.05, 3.63) is 52.0 Å². The van der Waals surface area contributed by atoms with E-state index in [4.69, 9.17) is 4.98 Å². The first-order valence-electron chi connectivity index (χ1n) is 7.85. The van der Waals surface area contributed by atoms with Gasteiger partial charge in [-0.2, -0.15) is 0 Å². The van der Waals surface area contributed by atoms with Gasteiger partial charge in [0.2, 0.25) is 0 Å². The topological polar surface area (TPSA) is 12.9 Å². The molecule has 0 radical (unpaired) electrons. The molecule has 0 spiro atoms. The molecule has 0 unspecified atom stereocenters. The van der Waals surface area contributed by atoms with Gasteiger partial charge in [-0.1, -0.05) is 62.9 Å². The monoisotopic (exact) mass is 285 g/mol. The first kappa shape index (κ1) is 13.8. The fraction of sp³-hybridized carbons (Fsp3) is 0.500. The van der Waals surface area contributed by atoms with Crippen molar-refractivity contribution in [1.29, 1.82) is 0 Å². The summed E-state index contributed by atoms with van der Waals surface area (Å²) in [5.74, 6) is 0. The van der Waals surface area contributed by atoms with Crippen LogP contribution in [-0.4, -0.2) is 4.98 Å². The Morgan fingerprint density at radius 1 is 1.10 bits per heavy atom. The molecule has 1 saturated carbocycles. The van der Waals surface area contributed by atoms with E-state index >= 15 is 0 Å². The van der Waals surface area contributed by atoms with Gasteiger partial charge in [-0.25, -0.2) is 4.98 Å². The maximum absolute atomic E-state index is 4.99. The Morgan fingerprint density at radius 3 is 2.55 bits per heavy atom. The van der Waals surface area contributed by atoms with E-state index < -0.39 is 0 Å². The third kappa shape index (κ3) is 2.54. The average molecular weight is 285 g/mol. The Hall–Kier alpha value is -1.15. The van der Waals surface area contributed by atoms with Gasteiger partial charge in [-0.3, -0.25) is 0 Å². The molecule has 2 heteroatoms. The van der Waals surface area contributed by atoms with Gasteiger partial charge in [-0.05, 0) is 24.8 Å². The van der Waals surface area contributed by atoms with Crippen LogP contribution in [0.25, 0.3) is 0 Å². The van der Waals surface area contributed by atoms with E-state index in [1.54, 1.807) is 0 Å². The number of benzene rings is 1. The number of aromatic nitrogens is 1. The summed E-state index contributed by atoms with van der Waals surface area (Å²) in [4.78, 5) is 4.99. The van der Waals surface area contributed by atoms with Crippen LogP contribution in [0.5, 0.6) is 0 Å². The van der Waals surface area contributed by atoms with E-state index in [1.807, 2.05) is 11.3 Å². The highest BCUT2D eigenvalue weighted by molar-refractivity contribution is 7.09. The van der Waals surface area contributed by atoms with Crippen LogP contribution in [0.15, 0.2) is 35.7 Å². The lowest BCUT2D eigenvalue weighted by Crippen LogP contribution is -2.30. The van der Waals surface area contributed by atoms with Gasteiger partial charge >= 0.3 is 0 Å². The van der Waals surface area contributed by atoms with Crippen molar-refractivity contribution >= 4 is 11.3 Å². The Balaban J connectivity index is 2.00. The third-order valence-corrected chi connectivity index (χ3v) is 5.60. The van der Waals surface area contributed by atoms with E-state index in [0.29, 0.717) is 0 Å². The van der Waals surface area contributed by atoms with E-state index in [1.165, 1.54) is 54.8 Å². The maximum atomic E-state index is 4.99. The van der Waals surface area contributed by atoms with Crippen LogP contribution < -0.4 is 0 Å². The van der Waals surface area contributed by atoms with Crippen molar-refractivity contribution in [3.63, 3.8) is 0 Å². The van der Waals surface area contributed by atoms with Gasteiger partial charge < -0.3 is 0 Å². The van der Waals surface area contributed by atoms with Crippen molar-refractivity contribution < 1.29 is 0 Å². The molecule has 3 rings (SSSR count). The second kappa shape index (κ2) is 6.09. The minimum absolute atomic E-state index is 0.191. The first-order valence-corrected chi connectivity index (χ1v) is 8.73. The molecule has 1 aliphatic carbocycles. The lowest BCUT2D eigenvalue weighted by atomic mass is 9.70. The summed E-state index contributed by atoms with van der Waals surface area (Å²) in [6, 6.07) is 11.1. The zero-order chi connectivity index (χ0) is 13.8. The molecular formula is C18H23NS. The van der Waals surface area contributed by atoms with Crippen LogP contribution in [0.1, 0.15) is 61.7 Å². The molecule has 1 nitrogen and oxygen atoms in total. The molecular weight excluding hydrogens is 262 g/mol. The number of nitrogens with zero attached hydrogens (tertiary/aromatic N) is 1. The van der Waals surface area contributed by atoms with Gasteiger partial charge in [0, 0.05) is 10.8 Å². The molecule has 0 saturated heterocycles. The number of hydrogen-bond donors (Lipinski definition) is 0. The highest BCUT2D eigenvalue weighted by Gasteiger charge is 2.38. The van der Waals surface area contributed by atoms with E-state index in [2.05, 4.69) is 42.6 Å². The molecule has 2 aromatic rings. The average Bonchev–Trinajstić information content (AvgIpc) is 2.98. The second-order valence-electron chi connectivity index (χ2n) is 5.90. The molecule has 1 heterocycles. The molecule has 0 bridgehead atoms. The van der Waals surface area contributed by atoms with Crippen LogP contribution in [-0.2, 0) is 11.8 Å². The molecule has 0 N–H and O–H groups in total. The minimum Gasteiger partial charge on any atom is -0.245 e. The smallest absolute Gasteiger partial charge is 0.103 e. The number of rotatable bonds is 4. The highest BCUT2D eigenvalue weighted by Crippen LogP contribution is 2.45. The van der Waals surface area contributed by atoms with Gasteiger partial charge in [0.25, 0.3) is 0 Å². The van der Waals surface area contributed by atoms with Crippen LogP contribution in [0.2, 0.25) is 0 Å². The summed E-state index contributed by atoms with van der Waals surface area (Å²) in [5.41, 5.74) is 2.95. The Morgan fingerprint density at radius 2 is 1.85 bits per heavy atom. The highest BCUT2D eigenvalue weighted by atomic mass is 32.1. The summed E-state index contributed by atoms with van der Waals surface area (Å²) in [5, 5.41) is 3.63. The fourth-order valence-electron chi connectivity index (χ4n) is 3.44. The number of hydrogen-bond acceptors (Lipinski definition) is 2. The van der Waals surface area contributed by atoms with Crippen molar-refractivity contribution in [3.8, 4) is 0 Å². The lowest BCUT2D eigenvalue weighted by Gasteiger charge is -2.36. The van der Waals surface area contributed by atoms with Crippen LogP contribution in [0, 0.1) is 0 Å². The summed E-state index contributed by atoms with van der Waals surface area (Å²) in [6.07, 6.45) is 8.85. The SMILES string of the molecule is CCCc1csc(C2(c3ccccc3)CCCCC2)n1. The Labute approximate surface area is 126 Å². The molecule has 1 fully saturated rings. The zero-order valence-electron chi connectivity index (χ0n) is 12.3. The van der Waals surface area contributed by atoms with E-state index in [9.17, 15) is 0 Å². The number of aryl methyl sites for hydroxylation is 1. The van der Waals surface area contributed by atoms with Crippen molar-refractivity contribution in [2.75, 3.05) is 0 Å². The Bertz CT molecular complexity index is 538. The quantitative estimate of drug-likeness (QED) is 0.738. The van der Waals surface area contributed by atoms with Crippen LogP contribution in [0.3, 0.4) is 0 Å². The van der Waals surface area contributed by atoms with E-state index in [-0.39, 0.29) is 5.41 Å². The first-order chi connectivity index (χ1) is 9.85. The van der Waals surface area contributed by atoms with Crippen molar-refractivity contribution in [2.24, 2.45) is 0 Å². The summed E-state index contributed by atoms with van der Waals surface area (Å²) in [6.45, 7) is 2.23. The van der Waals surface area contributed by atoms with Crippen molar-refractivity contribution in [2.45, 2.75) is 57.3 Å². The summed E-state index contributed by atoms with van der Waals surface area (Å²) >= 11 is 1.88. The summed E-state index contributed by atoms with van der Waals surface area (Å²) in [7, 11) is 0. The predicted molar refractivity (Wildman–Crippen MR) is 86.4 cm³/mol. The van der Waals surface area contributed by atoms with Gasteiger partial charge in [0.15, 0.2) is 0 Å². The van der Waals surface area contributed by atoms with Gasteiger partial charge in [-0.15, -0.1) is 11.3 Å². The molecule has 20 heavy (non-hydrogen) atoms. The Kier molecular flexibility index (Phi) is 4.21. The fourth-order valence-corrected chi connectivity index (χ4v) is 4.57. The molecule has 106 valence electrons. The molecule has 0 atom stereocenters. The standard InChI is InChI=1S/C18H23NS/c1-2-9-16-14-20-17(19-16)18(12-7-4-8-13-18)15-10-5-3-6-11-15/h3,5-6,10-11,14H,2,4,7-9,12-13H2,1H3. The van der Waals surface area contributed by atoms with E-state index in [0.717, 1.165) is 6.42 Å². The summed E-state index contributed by atoms with van der Waals surface area (Å²) < 4.78 is 0. The zero-order valence-corrected chi connectivity index (χ0v) is 13.1. The minimum atomic E-state index is 0.191. The second-order valence-corrected chi connectivity index (χ2v) is 6.76. The maximum Gasteiger partial charge on any atom is 0.103 e. The van der Waals surface area contributed by atoms with Gasteiger partial charge in [0.1, 0.15) is 5.01 Å². The van der Waals surface area contributed by atoms with Crippen LogP contribution in [0.4, 0.5) is 0 Å². The van der Waals surface area contributed by atoms with Gasteiger partial charge in [0.05, 0.1) is 5.69 Å². The number of thiazole rings is 1. The molecule has 1 aliphatic rings. The third-order valence-electron chi connectivity index (χ3n) is 4.50. The molecule has 1 aromatic carbocycles. The van der Waals surface area contributed by atoms with Crippen molar-refractivity contribution in [1.82, 2.24) is 4.98 Å². The lowest BCUT2D eigenvalue weighted by molar-refractivity contribution is 0.344. The molecule has 1 aromatic heterocycles. The largest absolute Gasteiger partial charge is 0.245 e. The predicted octanol–water partition coefficient (Wildman–Crippen LogP) is 5.35. The van der Waals surface area contributed by atoms with Crippen LogP contribution >= 0.6 is 11.3 Å². The molecule has 0 aliphatic heterocycles.